The number of carbonyl (C=O) groups is 12. The molecule has 1 spiro atoms. The van der Waals surface area contributed by atoms with Gasteiger partial charge in [-0.15, -0.1) is 11.6 Å². The summed E-state index contributed by atoms with van der Waals surface area (Å²) >= 11 is 6.42. The average molecular weight is 1450 g/mol. The molecule has 8 rings (SSSR count). The summed E-state index contributed by atoms with van der Waals surface area (Å²) in [5, 5.41) is 7.70. The maximum absolute atomic E-state index is 15.6. The Morgan fingerprint density at radius 1 is 0.594 bits per heavy atom. The van der Waals surface area contributed by atoms with Crippen LogP contribution >= 0.6 is 11.6 Å². The van der Waals surface area contributed by atoms with Crippen LogP contribution in [-0.4, -0.2) is 261 Å². The Morgan fingerprint density at radius 2 is 1.25 bits per heavy atom. The summed E-state index contributed by atoms with van der Waals surface area (Å²) in [7, 11) is 8.82. The molecule has 101 heavy (non-hydrogen) atoms. The predicted molar refractivity (Wildman–Crippen MR) is 372 cm³/mol. The van der Waals surface area contributed by atoms with E-state index < -0.39 is 167 Å². The van der Waals surface area contributed by atoms with E-state index in [1.54, 1.807) is 11.8 Å². The Morgan fingerprint density at radius 3 is 1.84 bits per heavy atom. The molecule has 568 valence electrons. The van der Waals surface area contributed by atoms with Crippen molar-refractivity contribution in [2.75, 3.05) is 75.0 Å². The molecule has 4 aliphatic carbocycles. The van der Waals surface area contributed by atoms with Crippen LogP contribution in [0.25, 0.3) is 0 Å². The van der Waals surface area contributed by atoms with Crippen LogP contribution in [0.15, 0.2) is 0 Å². The third-order valence-corrected chi connectivity index (χ3v) is 24.9. The largest absolute Gasteiger partial charge is 0.393 e. The summed E-state index contributed by atoms with van der Waals surface area (Å²) in [5.74, 6) is -10.0. The summed E-state index contributed by atoms with van der Waals surface area (Å²) in [6.45, 7) is 7.62. The molecule has 4 heterocycles. The zero-order valence-electron chi connectivity index (χ0n) is 61.6. The van der Waals surface area contributed by atoms with Crippen LogP contribution in [0.4, 0.5) is 13.2 Å². The van der Waals surface area contributed by atoms with Gasteiger partial charge in [0, 0.05) is 73.8 Å². The van der Waals surface area contributed by atoms with Gasteiger partial charge in [-0.1, -0.05) is 104 Å². The van der Waals surface area contributed by atoms with Crippen LogP contribution in [0.5, 0.6) is 0 Å². The fraction of sp³-hybridized carbons (Fsp3) is 0.836. The lowest BCUT2D eigenvalue weighted by molar-refractivity contribution is -0.182. The van der Waals surface area contributed by atoms with Crippen LogP contribution < -0.4 is 16.0 Å². The molecule has 0 aromatic carbocycles. The van der Waals surface area contributed by atoms with Crippen molar-refractivity contribution < 1.29 is 70.7 Å². The summed E-state index contributed by atoms with van der Waals surface area (Å²) in [6, 6.07) is -10.6. The Kier molecular flexibility index (Phi) is 28.2. The molecule has 0 aromatic heterocycles. The smallest absolute Gasteiger partial charge is 0.343 e. The minimum absolute atomic E-state index is 0.00563. The lowest BCUT2D eigenvalue weighted by Gasteiger charge is -2.45. The Labute approximate surface area is 600 Å². The molecule has 0 aromatic rings. The van der Waals surface area contributed by atoms with Crippen molar-refractivity contribution in [1.29, 1.82) is 0 Å². The zero-order chi connectivity index (χ0) is 73.9. The van der Waals surface area contributed by atoms with E-state index in [2.05, 4.69) is 16.0 Å². The zero-order valence-corrected chi connectivity index (χ0v) is 62.4. The van der Waals surface area contributed by atoms with Crippen molar-refractivity contribution in [2.45, 2.75) is 285 Å². The second-order valence-electron chi connectivity index (χ2n) is 31.0. The molecule has 8 fully saturated rings. The van der Waals surface area contributed by atoms with Gasteiger partial charge in [-0.05, 0) is 127 Å². The molecule has 13 atom stereocenters. The molecule has 3 N–H and O–H groups in total. The number of halogens is 4. The van der Waals surface area contributed by atoms with Crippen molar-refractivity contribution in [3.63, 3.8) is 0 Å². The van der Waals surface area contributed by atoms with Gasteiger partial charge in [-0.2, -0.15) is 13.2 Å². The summed E-state index contributed by atoms with van der Waals surface area (Å²) in [5.41, 5.74) is -1.54. The van der Waals surface area contributed by atoms with E-state index in [9.17, 15) is 41.9 Å². The van der Waals surface area contributed by atoms with Crippen molar-refractivity contribution in [3.8, 4) is 0 Å². The normalized spacial score (nSPS) is 31.4. The second-order valence-corrected chi connectivity index (χ2v) is 31.6. The van der Waals surface area contributed by atoms with Gasteiger partial charge in [-0.3, -0.25) is 57.5 Å². The molecule has 4 saturated carbocycles. The number of alkyl halides is 4. The molecular formula is C73H116ClF3N12O12. The van der Waals surface area contributed by atoms with Crippen LogP contribution in [0.2, 0.25) is 0 Å². The number of hydrogen-bond donors (Lipinski definition) is 3. The monoisotopic (exact) mass is 1440 g/mol. The lowest BCUT2D eigenvalue weighted by Crippen LogP contribution is -2.65. The third kappa shape index (κ3) is 18.8. The second kappa shape index (κ2) is 35.5. The van der Waals surface area contributed by atoms with Crippen molar-refractivity contribution in [2.24, 2.45) is 29.6 Å². The Hall–Kier alpha value is -6.28. The molecule has 4 aliphatic heterocycles. The summed E-state index contributed by atoms with van der Waals surface area (Å²) in [4.78, 5) is 193. The number of likely N-dealkylation sites (N-methyl/N-ethyl adjacent to an activating group) is 6. The van der Waals surface area contributed by atoms with Crippen LogP contribution in [0.1, 0.15) is 214 Å². The molecule has 28 heteroatoms. The quantitative estimate of drug-likeness (QED) is 0.134. The fourth-order valence-corrected chi connectivity index (χ4v) is 17.7. The molecule has 24 nitrogen and oxygen atoms in total. The number of amides is 12. The number of hydrogen-bond acceptors (Lipinski definition) is 12. The minimum atomic E-state index is -4.50. The van der Waals surface area contributed by atoms with Gasteiger partial charge in [0.1, 0.15) is 59.9 Å². The standard InChI is InChI=1S/C73H116ClF3N12O12/c1-11-13-15-28-53-62(92)79-60(45(3)12-2)69(99)82(6)46(4)64(94)89-40-34-55(89)67(97)84(8)56(42-47-24-16-14-17-25-47)66(96)81(5)44-58(90)78-52(33-31-48-30-32-50(51(74)41-48)73(75,76)77)65(95)88-39-22-29-54(88)63(93)80-72(35-20-21-36-72)71(101)86(10)61(49-26-18-19-27-49)70(100)85(9)57(43-59(91)83(53)7)68(98)87-37-23-38-87/h45-57,60-61H,11-44H2,1-10H3,(H,78,90)(H,79,92)(H,80,93)/t45-,46-,48?,50?,51?,52-,53-,54-,55-,56-,57-,60-,61-/m0/s1. The SMILES string of the molecule is CCCCC[C@H]1C(=O)N[C@@H]([C@@H](C)CC)C(=O)N(C)[C@@H](C)C(=O)N2CC[C@H]2C(=O)N(C)[C@@H](CC2CCCCC2)C(=O)N(C)CC(=O)N[C@@H](CCC2CCC(C(F)(F)F)C(Cl)C2)C(=O)N2CCC[C@H]2C(=O)NC2(CCCC2)C(=O)N(C)[C@@H](C2CCCC2)C(=O)N(C)[C@H](C(=O)N2CCC2)CC(=O)N1C. The maximum Gasteiger partial charge on any atom is 0.393 e. The highest BCUT2D eigenvalue weighted by Crippen LogP contribution is 2.44. The number of fused-ring (bicyclic) bond motifs is 2. The van der Waals surface area contributed by atoms with Gasteiger partial charge in [-0.25, -0.2) is 0 Å². The highest BCUT2D eigenvalue weighted by atomic mass is 35.5. The van der Waals surface area contributed by atoms with Gasteiger partial charge in [0.2, 0.25) is 70.9 Å². The first-order chi connectivity index (χ1) is 47.8. The molecule has 4 saturated heterocycles. The highest BCUT2D eigenvalue weighted by Gasteiger charge is 2.53. The molecule has 0 bridgehead atoms. The van der Waals surface area contributed by atoms with E-state index in [1.165, 1.54) is 88.4 Å². The number of carbonyl (C=O) groups excluding carboxylic acids is 12. The number of likely N-dealkylation sites (tertiary alicyclic amines) is 1. The lowest BCUT2D eigenvalue weighted by atomic mass is 9.78. The number of unbranched alkanes of at least 4 members (excludes halogenated alkanes) is 2. The predicted octanol–water partition coefficient (Wildman–Crippen LogP) is 6.38. The molecule has 0 radical (unpaired) electrons. The van der Waals surface area contributed by atoms with Gasteiger partial charge in [0.05, 0.1) is 18.9 Å². The van der Waals surface area contributed by atoms with Gasteiger partial charge in [0.15, 0.2) is 0 Å². The van der Waals surface area contributed by atoms with Crippen molar-refractivity contribution >= 4 is 82.5 Å². The van der Waals surface area contributed by atoms with Crippen LogP contribution in [-0.2, 0) is 57.5 Å². The summed E-state index contributed by atoms with van der Waals surface area (Å²) in [6.07, 6.45) is 7.94. The van der Waals surface area contributed by atoms with E-state index in [1.807, 2.05) is 13.8 Å². The topological polar surface area (TPSA) is 270 Å². The highest BCUT2D eigenvalue weighted by molar-refractivity contribution is 6.21. The first-order valence-corrected chi connectivity index (χ1v) is 38.4. The van der Waals surface area contributed by atoms with Gasteiger partial charge < -0.3 is 60.0 Å². The number of rotatable bonds is 13. The number of nitrogens with one attached hydrogen (secondary N) is 3. The van der Waals surface area contributed by atoms with E-state index >= 15 is 28.8 Å². The van der Waals surface area contributed by atoms with Crippen LogP contribution in [0, 0.1) is 29.6 Å². The van der Waals surface area contributed by atoms with E-state index in [4.69, 9.17) is 11.6 Å². The van der Waals surface area contributed by atoms with Crippen molar-refractivity contribution in [1.82, 2.24) is 60.0 Å². The first-order valence-electron chi connectivity index (χ1n) is 38.0. The fourth-order valence-electron chi connectivity index (χ4n) is 17.2. The van der Waals surface area contributed by atoms with Crippen LogP contribution in [0.3, 0.4) is 0 Å². The number of nitrogens with zero attached hydrogens (tertiary/aromatic N) is 9. The third-order valence-electron chi connectivity index (χ3n) is 24.4. The van der Waals surface area contributed by atoms with E-state index in [0.717, 1.165) is 51.4 Å². The van der Waals surface area contributed by atoms with Crippen molar-refractivity contribution in [3.05, 3.63) is 0 Å². The first kappa shape index (κ1) is 80.4. The van der Waals surface area contributed by atoms with E-state index in [-0.39, 0.29) is 101 Å². The minimum Gasteiger partial charge on any atom is -0.343 e. The van der Waals surface area contributed by atoms with Gasteiger partial charge in [0.25, 0.3) is 0 Å². The summed E-state index contributed by atoms with van der Waals surface area (Å²) < 4.78 is 42.1. The average Bonchev–Trinajstić information content (AvgIpc) is 1.74. The maximum atomic E-state index is 15.6. The molecule has 3 unspecified atom stereocenters. The van der Waals surface area contributed by atoms with E-state index in [0.29, 0.717) is 70.9 Å². The Bertz CT molecular complexity index is 2980. The molecule has 12 amide bonds. The Balaban J connectivity index is 1.16. The molecule has 8 aliphatic rings. The molecular weight excluding hydrogens is 1330 g/mol. The van der Waals surface area contributed by atoms with Gasteiger partial charge >= 0.3 is 6.18 Å².